The fraction of sp³-hybridized carbons (Fsp3) is 0.143. The van der Waals surface area contributed by atoms with Crippen molar-refractivity contribution in [3.05, 3.63) is 88.9 Å². The number of fused-ring (bicyclic) bond motifs is 2. The van der Waals surface area contributed by atoms with Crippen LogP contribution in [0.1, 0.15) is 28.6 Å². The molecule has 10 heteroatoms. The van der Waals surface area contributed by atoms with Crippen LogP contribution in [0.2, 0.25) is 0 Å². The number of phenolic OH excluding ortho intramolecular Hbond substituents is 1. The molecule has 1 saturated heterocycles. The van der Waals surface area contributed by atoms with Gasteiger partial charge in [0.1, 0.15) is 22.8 Å². The first kappa shape index (κ1) is 23.7. The number of aliphatic hydroxyl groups excluding tert-OH is 1. The Kier molecular flexibility index (Phi) is 5.42. The van der Waals surface area contributed by atoms with Crippen LogP contribution in [0.5, 0.6) is 11.5 Å². The summed E-state index contributed by atoms with van der Waals surface area (Å²) in [5.74, 6) is -1.48. The molecule has 1 atom stereocenters. The van der Waals surface area contributed by atoms with Gasteiger partial charge in [0.15, 0.2) is 10.9 Å². The van der Waals surface area contributed by atoms with Gasteiger partial charge in [-0.1, -0.05) is 29.5 Å². The highest BCUT2D eigenvalue weighted by Crippen LogP contribution is 2.45. The minimum absolute atomic E-state index is 0.0401. The Morgan fingerprint density at radius 3 is 2.61 bits per heavy atom. The van der Waals surface area contributed by atoms with Crippen molar-refractivity contribution < 1.29 is 24.5 Å². The zero-order chi connectivity index (χ0) is 26.7. The number of amides is 1. The number of pyridine rings is 1. The molecule has 6 rings (SSSR count). The maximum absolute atomic E-state index is 13.5. The molecule has 0 radical (unpaired) electrons. The zero-order valence-electron chi connectivity index (χ0n) is 20.7. The number of benzene rings is 2. The second-order valence-electron chi connectivity index (χ2n) is 9.02. The maximum atomic E-state index is 13.5. The number of nitrogens with zero attached hydrogens (tertiary/aromatic N) is 4. The lowest BCUT2D eigenvalue weighted by molar-refractivity contribution is -0.132. The number of rotatable bonds is 4. The van der Waals surface area contributed by atoms with E-state index in [9.17, 15) is 19.8 Å². The molecule has 190 valence electrons. The van der Waals surface area contributed by atoms with Crippen molar-refractivity contribution in [3.63, 3.8) is 0 Å². The number of thiazole rings is 1. The van der Waals surface area contributed by atoms with Crippen LogP contribution in [0.4, 0.5) is 5.13 Å². The van der Waals surface area contributed by atoms with Crippen LogP contribution in [-0.4, -0.2) is 43.4 Å². The molecule has 3 aromatic heterocycles. The molecule has 38 heavy (non-hydrogen) atoms. The highest BCUT2D eigenvalue weighted by molar-refractivity contribution is 7.22. The molecule has 0 saturated carbocycles. The summed E-state index contributed by atoms with van der Waals surface area (Å²) in [4.78, 5) is 37.5. The van der Waals surface area contributed by atoms with Crippen LogP contribution in [-0.2, 0) is 9.59 Å². The minimum Gasteiger partial charge on any atom is -0.508 e. The monoisotopic (exact) mass is 526 g/mol. The standard InChI is InChI=1S/C28H22N4O5S/c1-14-6-5-11-31-15(2)22(30-26(14)31)24(34)21-23(16-7-4-8-17(33)12-16)32(27(36)25(21)35)28-29-19-10-9-18(37-3)13-20(19)38-28/h4-13,23,33-34H,1-3H3/b24-21+. The summed E-state index contributed by atoms with van der Waals surface area (Å²) >= 11 is 1.23. The van der Waals surface area contributed by atoms with Crippen molar-refractivity contribution in [1.29, 1.82) is 0 Å². The second-order valence-corrected chi connectivity index (χ2v) is 10.0. The topological polar surface area (TPSA) is 117 Å². The van der Waals surface area contributed by atoms with Gasteiger partial charge in [0.25, 0.3) is 5.78 Å². The van der Waals surface area contributed by atoms with Gasteiger partial charge in [-0.15, -0.1) is 0 Å². The highest BCUT2D eigenvalue weighted by atomic mass is 32.1. The fourth-order valence-corrected chi connectivity index (χ4v) is 5.86. The van der Waals surface area contributed by atoms with E-state index < -0.39 is 17.7 Å². The summed E-state index contributed by atoms with van der Waals surface area (Å²) in [7, 11) is 1.56. The van der Waals surface area contributed by atoms with E-state index in [2.05, 4.69) is 9.97 Å². The molecule has 1 unspecified atom stereocenters. The van der Waals surface area contributed by atoms with Gasteiger partial charge in [0, 0.05) is 6.20 Å². The van der Waals surface area contributed by atoms with Gasteiger partial charge in [0.2, 0.25) is 0 Å². The zero-order valence-corrected chi connectivity index (χ0v) is 21.5. The van der Waals surface area contributed by atoms with E-state index in [0.29, 0.717) is 28.2 Å². The maximum Gasteiger partial charge on any atom is 0.301 e. The molecule has 0 aliphatic carbocycles. The number of aryl methyl sites for hydroxylation is 2. The number of aromatic hydroxyl groups is 1. The van der Waals surface area contributed by atoms with Crippen LogP contribution in [0, 0.1) is 13.8 Å². The molecule has 0 bridgehead atoms. The summed E-state index contributed by atoms with van der Waals surface area (Å²) in [6, 6.07) is 14.4. The third-order valence-electron chi connectivity index (χ3n) is 6.73. The molecular weight excluding hydrogens is 504 g/mol. The number of hydrogen-bond acceptors (Lipinski definition) is 8. The van der Waals surface area contributed by atoms with Crippen molar-refractivity contribution in [2.45, 2.75) is 19.9 Å². The molecule has 4 heterocycles. The number of ketones is 1. The molecule has 5 aromatic rings. The quantitative estimate of drug-likeness (QED) is 0.194. The molecule has 1 aliphatic rings. The smallest absolute Gasteiger partial charge is 0.301 e. The van der Waals surface area contributed by atoms with E-state index in [4.69, 9.17) is 4.74 Å². The van der Waals surface area contributed by atoms with Crippen LogP contribution in [0.25, 0.3) is 21.6 Å². The van der Waals surface area contributed by atoms with E-state index in [1.54, 1.807) is 44.4 Å². The Morgan fingerprint density at radius 2 is 1.87 bits per heavy atom. The number of phenols is 1. The van der Waals surface area contributed by atoms with Crippen molar-refractivity contribution in [1.82, 2.24) is 14.4 Å². The Labute approximate surface area is 220 Å². The summed E-state index contributed by atoms with van der Waals surface area (Å²) in [6.45, 7) is 3.69. The van der Waals surface area contributed by atoms with E-state index in [1.807, 2.05) is 29.7 Å². The second kappa shape index (κ2) is 8.70. The van der Waals surface area contributed by atoms with Gasteiger partial charge in [-0.2, -0.15) is 0 Å². The fourth-order valence-electron chi connectivity index (χ4n) is 4.84. The summed E-state index contributed by atoms with van der Waals surface area (Å²) < 4.78 is 7.90. The van der Waals surface area contributed by atoms with Gasteiger partial charge in [0.05, 0.1) is 34.6 Å². The summed E-state index contributed by atoms with van der Waals surface area (Å²) in [5.41, 5.74) is 3.31. The van der Waals surface area contributed by atoms with Crippen molar-refractivity contribution in [3.8, 4) is 11.5 Å². The van der Waals surface area contributed by atoms with Crippen molar-refractivity contribution in [2.75, 3.05) is 12.0 Å². The molecule has 0 spiro atoms. The first-order chi connectivity index (χ1) is 18.3. The molecule has 1 amide bonds. The number of methoxy groups -OCH3 is 1. The summed E-state index contributed by atoms with van der Waals surface area (Å²) in [6.07, 6.45) is 1.82. The van der Waals surface area contributed by atoms with E-state index in [1.165, 1.54) is 28.4 Å². The number of anilines is 1. The third kappa shape index (κ3) is 3.52. The number of carbonyl (C=O) groups excluding carboxylic acids is 2. The van der Waals surface area contributed by atoms with Gasteiger partial charge in [-0.25, -0.2) is 9.97 Å². The van der Waals surface area contributed by atoms with E-state index in [0.717, 1.165) is 10.3 Å². The highest BCUT2D eigenvalue weighted by Gasteiger charge is 2.48. The normalized spacial score (nSPS) is 17.1. The number of aromatic nitrogens is 3. The van der Waals surface area contributed by atoms with Crippen LogP contribution in [0.15, 0.2) is 66.4 Å². The molecule has 1 fully saturated rings. The number of imidazole rings is 1. The molecule has 2 aromatic carbocycles. The number of aliphatic hydroxyl groups is 1. The SMILES string of the molecule is COc1ccc2nc(N3C(=O)C(=O)/C(=C(/O)c4nc5c(C)cccn5c4C)C3c3cccc(O)c3)sc2c1. The number of carbonyl (C=O) groups is 2. The van der Waals surface area contributed by atoms with Crippen molar-refractivity contribution in [2.24, 2.45) is 0 Å². The molecule has 2 N–H and O–H groups in total. The number of hydrogen-bond donors (Lipinski definition) is 2. The van der Waals surface area contributed by atoms with Crippen LogP contribution >= 0.6 is 11.3 Å². The molecule has 1 aliphatic heterocycles. The Morgan fingerprint density at radius 1 is 1.05 bits per heavy atom. The van der Waals surface area contributed by atoms with E-state index >= 15 is 0 Å². The predicted octanol–water partition coefficient (Wildman–Crippen LogP) is 4.90. The predicted molar refractivity (Wildman–Crippen MR) is 144 cm³/mol. The van der Waals surface area contributed by atoms with Gasteiger partial charge in [-0.3, -0.25) is 14.5 Å². The van der Waals surface area contributed by atoms with Gasteiger partial charge >= 0.3 is 5.91 Å². The van der Waals surface area contributed by atoms with Gasteiger partial charge < -0.3 is 19.4 Å². The molecule has 9 nitrogen and oxygen atoms in total. The third-order valence-corrected chi connectivity index (χ3v) is 7.75. The Bertz CT molecular complexity index is 1820. The van der Waals surface area contributed by atoms with Crippen LogP contribution < -0.4 is 9.64 Å². The first-order valence-electron chi connectivity index (χ1n) is 11.8. The Hall–Kier alpha value is -4.70. The average Bonchev–Trinajstić information content (AvgIpc) is 3.56. The molecular formula is C28H22N4O5S. The van der Waals surface area contributed by atoms with Gasteiger partial charge in [-0.05, 0) is 61.4 Å². The average molecular weight is 527 g/mol. The minimum atomic E-state index is -1.03. The Balaban J connectivity index is 1.59. The van der Waals surface area contributed by atoms with Crippen molar-refractivity contribution >= 4 is 49.8 Å². The lowest BCUT2D eigenvalue weighted by atomic mass is 9.96. The summed E-state index contributed by atoms with van der Waals surface area (Å²) in [5, 5.41) is 22.1. The largest absolute Gasteiger partial charge is 0.508 e. The van der Waals surface area contributed by atoms with Crippen LogP contribution in [0.3, 0.4) is 0 Å². The number of Topliss-reactive ketones (excluding diaryl/α,β-unsaturated/α-hetero) is 1. The first-order valence-corrected chi connectivity index (χ1v) is 12.6. The lowest BCUT2D eigenvalue weighted by Gasteiger charge is -2.22. The number of ether oxygens (including phenoxy) is 1. The lowest BCUT2D eigenvalue weighted by Crippen LogP contribution is -2.29. The van der Waals surface area contributed by atoms with E-state index in [-0.39, 0.29) is 27.9 Å².